The predicted octanol–water partition coefficient (Wildman–Crippen LogP) is 2.26. The Morgan fingerprint density at radius 3 is 2.54 bits per heavy atom. The van der Waals surface area contributed by atoms with Crippen molar-refractivity contribution in [1.82, 2.24) is 10.2 Å². The monoisotopic (exact) mass is 382 g/mol. The van der Waals surface area contributed by atoms with E-state index in [9.17, 15) is 14.4 Å². The van der Waals surface area contributed by atoms with Gasteiger partial charge in [0.2, 0.25) is 0 Å². The third kappa shape index (κ3) is 3.89. The van der Waals surface area contributed by atoms with E-state index >= 15 is 0 Å². The van der Waals surface area contributed by atoms with Crippen LogP contribution in [0.2, 0.25) is 0 Å². The van der Waals surface area contributed by atoms with Crippen molar-refractivity contribution in [3.8, 4) is 5.75 Å². The van der Waals surface area contributed by atoms with Crippen LogP contribution >= 0.6 is 0 Å². The van der Waals surface area contributed by atoms with Crippen molar-refractivity contribution in [2.75, 3.05) is 27.4 Å². The number of carbonyl (C=O) groups is 3. The quantitative estimate of drug-likeness (QED) is 0.559. The van der Waals surface area contributed by atoms with Gasteiger partial charge in [0.25, 0.3) is 17.7 Å². The number of methoxy groups -OCH3 is 2. The molecule has 1 heterocycles. The number of nitrogens with zero attached hydrogens (tertiary/aromatic N) is 1. The maximum absolute atomic E-state index is 12.6. The van der Waals surface area contributed by atoms with Gasteiger partial charge in [-0.2, -0.15) is 0 Å². The minimum atomic E-state index is -0.379. The second-order valence-electron chi connectivity index (χ2n) is 6.36. The molecule has 2 aromatic rings. The van der Waals surface area contributed by atoms with E-state index in [1.807, 2.05) is 24.3 Å². The lowest BCUT2D eigenvalue weighted by molar-refractivity contribution is 0.0638. The number of amides is 3. The van der Waals surface area contributed by atoms with Crippen LogP contribution in [-0.2, 0) is 11.3 Å². The summed E-state index contributed by atoms with van der Waals surface area (Å²) in [6.07, 6.45) is 0.564. The molecule has 146 valence electrons. The highest BCUT2D eigenvalue weighted by molar-refractivity contribution is 6.22. The van der Waals surface area contributed by atoms with E-state index in [-0.39, 0.29) is 36.4 Å². The van der Waals surface area contributed by atoms with Crippen LogP contribution in [-0.4, -0.2) is 50.0 Å². The topological polar surface area (TPSA) is 84.9 Å². The van der Waals surface area contributed by atoms with Gasteiger partial charge in [-0.15, -0.1) is 0 Å². The maximum Gasteiger partial charge on any atom is 0.261 e. The standard InChI is InChI=1S/C21H22N2O5/c1-27-11-5-10-23-20(25)16-9-8-14(12-17(16)21(23)26)19(24)22-13-15-6-3-4-7-18(15)28-2/h3-4,6-9,12H,5,10-11,13H2,1-2H3,(H,22,24). The molecule has 1 aliphatic rings. The fourth-order valence-electron chi connectivity index (χ4n) is 3.13. The molecule has 0 bridgehead atoms. The summed E-state index contributed by atoms with van der Waals surface area (Å²) >= 11 is 0. The van der Waals surface area contributed by atoms with Crippen LogP contribution in [0.1, 0.15) is 43.1 Å². The van der Waals surface area contributed by atoms with Crippen molar-refractivity contribution in [2.45, 2.75) is 13.0 Å². The van der Waals surface area contributed by atoms with Crippen LogP contribution in [0.5, 0.6) is 5.75 Å². The molecule has 7 nitrogen and oxygen atoms in total. The summed E-state index contributed by atoms with van der Waals surface area (Å²) in [6, 6.07) is 12.0. The van der Waals surface area contributed by atoms with Crippen molar-refractivity contribution in [3.05, 3.63) is 64.7 Å². The van der Waals surface area contributed by atoms with Gasteiger partial charge in [-0.05, 0) is 30.7 Å². The molecule has 1 N–H and O–H groups in total. The van der Waals surface area contributed by atoms with E-state index in [4.69, 9.17) is 9.47 Å². The molecule has 0 saturated carbocycles. The van der Waals surface area contributed by atoms with Crippen molar-refractivity contribution >= 4 is 17.7 Å². The van der Waals surface area contributed by atoms with E-state index in [1.54, 1.807) is 20.3 Å². The molecule has 0 fully saturated rings. The molecule has 0 atom stereocenters. The zero-order chi connectivity index (χ0) is 20.1. The van der Waals surface area contributed by atoms with Gasteiger partial charge in [-0.25, -0.2) is 0 Å². The number of hydrogen-bond acceptors (Lipinski definition) is 5. The lowest BCUT2D eigenvalue weighted by Gasteiger charge is -2.12. The summed E-state index contributed by atoms with van der Waals surface area (Å²) in [5.74, 6) is -0.358. The van der Waals surface area contributed by atoms with Crippen LogP contribution in [0.4, 0.5) is 0 Å². The van der Waals surface area contributed by atoms with Crippen LogP contribution < -0.4 is 10.1 Å². The molecule has 1 aliphatic heterocycles. The number of imide groups is 1. The molecule has 0 spiro atoms. The number of rotatable bonds is 8. The average Bonchev–Trinajstić information content (AvgIpc) is 2.96. The molecule has 0 unspecified atom stereocenters. The van der Waals surface area contributed by atoms with Crippen molar-refractivity contribution in [2.24, 2.45) is 0 Å². The van der Waals surface area contributed by atoms with E-state index in [0.29, 0.717) is 29.9 Å². The van der Waals surface area contributed by atoms with Gasteiger partial charge in [0.15, 0.2) is 0 Å². The summed E-state index contributed by atoms with van der Waals surface area (Å²) in [4.78, 5) is 38.7. The largest absolute Gasteiger partial charge is 0.496 e. The minimum Gasteiger partial charge on any atom is -0.496 e. The van der Waals surface area contributed by atoms with Gasteiger partial charge >= 0.3 is 0 Å². The molecule has 2 aromatic carbocycles. The van der Waals surface area contributed by atoms with Crippen LogP contribution in [0, 0.1) is 0 Å². The highest BCUT2D eigenvalue weighted by Gasteiger charge is 2.35. The molecule has 0 radical (unpaired) electrons. The predicted molar refractivity (Wildman–Crippen MR) is 102 cm³/mol. The Balaban J connectivity index is 1.71. The summed E-state index contributed by atoms with van der Waals surface area (Å²) in [6.45, 7) is 1.04. The number of para-hydroxylation sites is 1. The van der Waals surface area contributed by atoms with Crippen LogP contribution in [0.3, 0.4) is 0 Å². The molecule has 0 saturated heterocycles. The first kappa shape index (κ1) is 19.6. The Kier molecular flexibility index (Phi) is 6.06. The Morgan fingerprint density at radius 1 is 1.04 bits per heavy atom. The van der Waals surface area contributed by atoms with Gasteiger partial charge < -0.3 is 14.8 Å². The second-order valence-corrected chi connectivity index (χ2v) is 6.36. The Morgan fingerprint density at radius 2 is 1.79 bits per heavy atom. The lowest BCUT2D eigenvalue weighted by Crippen LogP contribution is -2.31. The van der Waals surface area contributed by atoms with Crippen molar-refractivity contribution in [1.29, 1.82) is 0 Å². The summed E-state index contributed by atoms with van der Waals surface area (Å²) in [5, 5.41) is 2.81. The van der Waals surface area contributed by atoms with E-state index in [0.717, 1.165) is 5.56 Å². The van der Waals surface area contributed by atoms with E-state index < -0.39 is 0 Å². The normalized spacial score (nSPS) is 12.9. The minimum absolute atomic E-state index is 0.257. The lowest BCUT2D eigenvalue weighted by atomic mass is 10.1. The fourth-order valence-corrected chi connectivity index (χ4v) is 3.13. The van der Waals surface area contributed by atoms with Crippen molar-refractivity contribution in [3.63, 3.8) is 0 Å². The van der Waals surface area contributed by atoms with E-state index in [2.05, 4.69) is 5.32 Å². The Hall–Kier alpha value is -3.19. The van der Waals surface area contributed by atoms with Gasteiger partial charge in [-0.1, -0.05) is 18.2 Å². The summed E-state index contributed by atoms with van der Waals surface area (Å²) in [5.41, 5.74) is 1.75. The molecule has 0 aliphatic carbocycles. The van der Waals surface area contributed by atoms with Crippen LogP contribution in [0.15, 0.2) is 42.5 Å². The van der Waals surface area contributed by atoms with Crippen molar-refractivity contribution < 1.29 is 23.9 Å². The Bertz CT molecular complexity index is 909. The zero-order valence-corrected chi connectivity index (χ0v) is 15.9. The number of ether oxygens (including phenoxy) is 2. The van der Waals surface area contributed by atoms with Gasteiger partial charge in [0.05, 0.1) is 18.2 Å². The molecule has 3 amide bonds. The first-order chi connectivity index (χ1) is 13.6. The number of hydrogen-bond donors (Lipinski definition) is 1. The second kappa shape index (κ2) is 8.67. The maximum atomic E-state index is 12.6. The van der Waals surface area contributed by atoms with Gasteiger partial charge in [-0.3, -0.25) is 19.3 Å². The molecular formula is C21H22N2O5. The van der Waals surface area contributed by atoms with Gasteiger partial charge in [0, 0.05) is 37.9 Å². The molecule has 3 rings (SSSR count). The number of nitrogens with one attached hydrogen (secondary N) is 1. The summed E-state index contributed by atoms with van der Waals surface area (Å²) in [7, 11) is 3.14. The summed E-state index contributed by atoms with van der Waals surface area (Å²) < 4.78 is 10.2. The molecule has 28 heavy (non-hydrogen) atoms. The fraction of sp³-hybridized carbons (Fsp3) is 0.286. The third-order valence-corrected chi connectivity index (χ3v) is 4.59. The number of carbonyl (C=O) groups excluding carboxylic acids is 3. The van der Waals surface area contributed by atoms with Gasteiger partial charge in [0.1, 0.15) is 5.75 Å². The van der Waals surface area contributed by atoms with E-state index in [1.165, 1.54) is 17.0 Å². The smallest absolute Gasteiger partial charge is 0.261 e. The zero-order valence-electron chi connectivity index (χ0n) is 15.9. The highest BCUT2D eigenvalue weighted by Crippen LogP contribution is 2.24. The molecule has 7 heteroatoms. The number of benzene rings is 2. The SMILES string of the molecule is COCCCN1C(=O)c2ccc(C(=O)NCc3ccccc3OC)cc2C1=O. The third-order valence-electron chi connectivity index (χ3n) is 4.59. The highest BCUT2D eigenvalue weighted by atomic mass is 16.5. The number of fused-ring (bicyclic) bond motifs is 1. The first-order valence-electron chi connectivity index (χ1n) is 8.96. The Labute approximate surface area is 163 Å². The molecular weight excluding hydrogens is 360 g/mol. The van der Waals surface area contributed by atoms with Crippen LogP contribution in [0.25, 0.3) is 0 Å². The first-order valence-corrected chi connectivity index (χ1v) is 8.96. The average molecular weight is 382 g/mol. The molecule has 0 aromatic heterocycles.